The average Bonchev–Trinajstić information content (AvgIpc) is 3.61. The first kappa shape index (κ1) is 22.5. The number of hydrogen-bond donors (Lipinski definition) is 1. The summed E-state index contributed by atoms with van der Waals surface area (Å²) in [6.07, 6.45) is 8.72. The molecule has 0 spiro atoms. The number of aromatic amines is 1. The quantitative estimate of drug-likeness (QED) is 0.602. The standard InChI is InChI=1S/C28H33N3O3/c1-4-5-10-31-17-25(24-15-19(2)29-27(24)20(31)3)22-8-9-23(26(16-22)34-18-21-6-7-21)28(32)30-11-13-33-14-12-30/h4-5,8-9,15-17,21,29H,3,6-7,10-14,18H2,1-2H3/b5-4+. The third kappa shape index (κ3) is 4.55. The topological polar surface area (TPSA) is 57.8 Å². The maximum atomic E-state index is 13.3. The lowest BCUT2D eigenvalue weighted by molar-refractivity contribution is 0.0300. The second-order valence-corrected chi connectivity index (χ2v) is 9.32. The summed E-state index contributed by atoms with van der Waals surface area (Å²) in [4.78, 5) is 20.8. The maximum absolute atomic E-state index is 13.3. The lowest BCUT2D eigenvalue weighted by Crippen LogP contribution is -2.40. The van der Waals surface area contributed by atoms with Crippen LogP contribution in [0.1, 0.15) is 52.6 Å². The molecule has 2 aliphatic heterocycles. The highest BCUT2D eigenvalue weighted by Crippen LogP contribution is 2.39. The molecule has 1 aliphatic carbocycles. The van der Waals surface area contributed by atoms with Crippen LogP contribution in [0.5, 0.6) is 5.75 Å². The molecular weight excluding hydrogens is 426 g/mol. The van der Waals surface area contributed by atoms with E-state index in [1.54, 1.807) is 0 Å². The van der Waals surface area contributed by atoms with Crippen LogP contribution in [0.4, 0.5) is 0 Å². The molecule has 1 aromatic heterocycles. The van der Waals surface area contributed by atoms with Crippen molar-refractivity contribution in [2.45, 2.75) is 26.7 Å². The van der Waals surface area contributed by atoms with Gasteiger partial charge in [0.1, 0.15) is 5.75 Å². The van der Waals surface area contributed by atoms with Crippen LogP contribution in [0.3, 0.4) is 0 Å². The summed E-state index contributed by atoms with van der Waals surface area (Å²) in [6.45, 7) is 12.2. The number of morpholine rings is 1. The molecule has 1 N–H and O–H groups in total. The minimum atomic E-state index is 0.0135. The number of carbonyl (C=O) groups is 1. The van der Waals surface area contributed by atoms with Crippen LogP contribution in [0.2, 0.25) is 0 Å². The van der Waals surface area contributed by atoms with E-state index < -0.39 is 0 Å². The van der Waals surface area contributed by atoms with Crippen molar-refractivity contribution in [1.82, 2.24) is 14.8 Å². The number of amides is 1. The lowest BCUT2D eigenvalue weighted by atomic mass is 9.93. The Morgan fingerprint density at radius 2 is 2.06 bits per heavy atom. The molecule has 0 bridgehead atoms. The first-order valence-electron chi connectivity index (χ1n) is 12.2. The van der Waals surface area contributed by atoms with Crippen LogP contribution in [0.15, 0.2) is 49.2 Å². The smallest absolute Gasteiger partial charge is 0.257 e. The number of benzene rings is 1. The van der Waals surface area contributed by atoms with Gasteiger partial charge in [-0.2, -0.15) is 0 Å². The maximum Gasteiger partial charge on any atom is 0.257 e. The predicted octanol–water partition coefficient (Wildman–Crippen LogP) is 4.84. The van der Waals surface area contributed by atoms with E-state index in [0.717, 1.165) is 40.3 Å². The van der Waals surface area contributed by atoms with Crippen LogP contribution >= 0.6 is 0 Å². The van der Waals surface area contributed by atoms with E-state index in [1.165, 1.54) is 12.8 Å². The van der Waals surface area contributed by atoms with E-state index in [4.69, 9.17) is 9.47 Å². The van der Waals surface area contributed by atoms with Gasteiger partial charge in [-0.1, -0.05) is 24.8 Å². The number of nitrogens with one attached hydrogen (secondary N) is 1. The molecule has 1 saturated heterocycles. The second-order valence-electron chi connectivity index (χ2n) is 9.32. The van der Waals surface area contributed by atoms with Crippen LogP contribution in [0, 0.1) is 12.8 Å². The average molecular weight is 460 g/mol. The van der Waals surface area contributed by atoms with E-state index >= 15 is 0 Å². The van der Waals surface area contributed by atoms with E-state index in [2.05, 4.69) is 41.7 Å². The highest BCUT2D eigenvalue weighted by molar-refractivity contribution is 5.98. The van der Waals surface area contributed by atoms with Gasteiger partial charge in [0.2, 0.25) is 0 Å². The monoisotopic (exact) mass is 459 g/mol. The van der Waals surface area contributed by atoms with E-state index in [1.807, 2.05) is 36.1 Å². The summed E-state index contributed by atoms with van der Waals surface area (Å²) in [5.74, 6) is 1.28. The van der Waals surface area contributed by atoms with Crippen LogP contribution in [-0.4, -0.2) is 60.1 Å². The van der Waals surface area contributed by atoms with Gasteiger partial charge in [-0.05, 0) is 56.4 Å². The van der Waals surface area contributed by atoms with E-state index in [0.29, 0.717) is 50.1 Å². The van der Waals surface area contributed by atoms with Gasteiger partial charge in [0.15, 0.2) is 0 Å². The predicted molar refractivity (Wildman–Crippen MR) is 135 cm³/mol. The number of allylic oxidation sites excluding steroid dienone is 1. The van der Waals surface area contributed by atoms with Crippen molar-refractivity contribution >= 4 is 17.2 Å². The minimum absolute atomic E-state index is 0.0135. The molecule has 6 nitrogen and oxygen atoms in total. The van der Waals surface area contributed by atoms with Crippen molar-refractivity contribution in [2.24, 2.45) is 5.92 Å². The molecule has 1 amide bonds. The van der Waals surface area contributed by atoms with E-state index in [9.17, 15) is 4.79 Å². The number of rotatable bonds is 7. The summed E-state index contributed by atoms with van der Waals surface area (Å²) >= 11 is 0. The molecule has 1 aromatic carbocycles. The van der Waals surface area contributed by atoms with Crippen molar-refractivity contribution < 1.29 is 14.3 Å². The van der Waals surface area contributed by atoms with Gasteiger partial charge < -0.3 is 24.3 Å². The van der Waals surface area contributed by atoms with Gasteiger partial charge in [0, 0.05) is 42.7 Å². The van der Waals surface area contributed by atoms with Crippen molar-refractivity contribution in [1.29, 1.82) is 0 Å². The number of aromatic nitrogens is 1. The van der Waals surface area contributed by atoms with Crippen LogP contribution in [-0.2, 0) is 4.74 Å². The number of H-pyrrole nitrogens is 1. The molecule has 6 heteroatoms. The SMILES string of the molecule is C=C1c2[nH]c(C)cc2C(c2ccc(C(=O)N3CCOCC3)c(OCC3CC3)c2)=CN1C/C=C/C. The number of hydrogen-bond acceptors (Lipinski definition) is 4. The molecule has 34 heavy (non-hydrogen) atoms. The Morgan fingerprint density at radius 3 is 2.79 bits per heavy atom. The molecule has 178 valence electrons. The first-order chi connectivity index (χ1) is 16.5. The zero-order valence-electron chi connectivity index (χ0n) is 20.1. The Labute approximate surface area is 201 Å². The molecule has 0 unspecified atom stereocenters. The highest BCUT2D eigenvalue weighted by Gasteiger charge is 2.28. The zero-order valence-corrected chi connectivity index (χ0v) is 20.1. The van der Waals surface area contributed by atoms with Gasteiger partial charge in [-0.25, -0.2) is 0 Å². The van der Waals surface area contributed by atoms with Crippen molar-refractivity contribution in [3.63, 3.8) is 0 Å². The fraction of sp³-hybridized carbons (Fsp3) is 0.393. The summed E-state index contributed by atoms with van der Waals surface area (Å²) in [7, 11) is 0. The third-order valence-electron chi connectivity index (χ3n) is 6.69. The van der Waals surface area contributed by atoms with E-state index in [-0.39, 0.29) is 5.91 Å². The number of ether oxygens (including phenoxy) is 2. The largest absolute Gasteiger partial charge is 0.492 e. The first-order valence-corrected chi connectivity index (χ1v) is 12.2. The van der Waals surface area contributed by atoms with Gasteiger partial charge >= 0.3 is 0 Å². The second kappa shape index (κ2) is 9.55. The number of nitrogens with zero attached hydrogens (tertiary/aromatic N) is 2. The van der Waals surface area contributed by atoms with Gasteiger partial charge in [-0.15, -0.1) is 0 Å². The van der Waals surface area contributed by atoms with Crippen molar-refractivity contribution in [3.05, 3.63) is 77.3 Å². The Bertz CT molecular complexity index is 1150. The fourth-order valence-electron chi connectivity index (χ4n) is 4.50. The number of carbonyl (C=O) groups excluding carboxylic acids is 1. The Balaban J connectivity index is 1.53. The molecule has 5 rings (SSSR count). The number of fused-ring (bicyclic) bond motifs is 1. The number of aryl methyl sites for hydroxylation is 1. The van der Waals surface area contributed by atoms with Gasteiger partial charge in [-0.3, -0.25) is 4.79 Å². The molecule has 1 saturated carbocycles. The Morgan fingerprint density at radius 1 is 1.26 bits per heavy atom. The molecule has 0 atom stereocenters. The summed E-state index contributed by atoms with van der Waals surface area (Å²) in [5.41, 5.74) is 6.96. The normalized spacial score (nSPS) is 18.3. The third-order valence-corrected chi connectivity index (χ3v) is 6.69. The highest BCUT2D eigenvalue weighted by atomic mass is 16.5. The summed E-state index contributed by atoms with van der Waals surface area (Å²) in [5, 5.41) is 0. The molecule has 3 heterocycles. The Hall–Kier alpha value is -3.25. The fourth-order valence-corrected chi connectivity index (χ4v) is 4.50. The summed E-state index contributed by atoms with van der Waals surface area (Å²) in [6, 6.07) is 8.17. The van der Waals surface area contributed by atoms with Crippen molar-refractivity contribution in [2.75, 3.05) is 39.5 Å². The van der Waals surface area contributed by atoms with Gasteiger partial charge in [0.05, 0.1) is 36.8 Å². The van der Waals surface area contributed by atoms with Crippen LogP contribution < -0.4 is 4.74 Å². The van der Waals surface area contributed by atoms with Crippen molar-refractivity contribution in [3.8, 4) is 5.75 Å². The molecule has 3 aliphatic rings. The lowest BCUT2D eigenvalue weighted by Gasteiger charge is -2.29. The van der Waals surface area contributed by atoms with Crippen LogP contribution in [0.25, 0.3) is 11.3 Å². The summed E-state index contributed by atoms with van der Waals surface area (Å²) < 4.78 is 11.7. The minimum Gasteiger partial charge on any atom is -0.492 e. The Kier molecular flexibility index (Phi) is 6.33. The zero-order chi connectivity index (χ0) is 23.7. The molecule has 2 fully saturated rings. The molecule has 2 aromatic rings. The molecule has 0 radical (unpaired) electrons. The molecular formula is C28H33N3O3. The van der Waals surface area contributed by atoms with Gasteiger partial charge in [0.25, 0.3) is 5.91 Å².